The van der Waals surface area contributed by atoms with Crippen molar-refractivity contribution >= 4 is 0 Å². The molecule has 0 atom stereocenters. The van der Waals surface area contributed by atoms with E-state index in [2.05, 4.69) is 26.1 Å². The molecule has 0 amide bonds. The molecule has 0 fully saturated rings. The average molecular weight is 281 g/mol. The van der Waals surface area contributed by atoms with Gasteiger partial charge in [-0.15, -0.1) is 0 Å². The molecule has 1 aromatic rings. The van der Waals surface area contributed by atoms with E-state index in [1.807, 2.05) is 18.2 Å². The van der Waals surface area contributed by atoms with Crippen molar-refractivity contribution < 1.29 is 14.2 Å². The molecule has 0 spiro atoms. The Balaban J connectivity index is 2.31. The lowest BCUT2D eigenvalue weighted by Crippen LogP contribution is -2.36. The summed E-state index contributed by atoms with van der Waals surface area (Å²) in [6.45, 7) is 8.22. The van der Waals surface area contributed by atoms with Crippen molar-refractivity contribution in [2.75, 3.05) is 27.4 Å². The fraction of sp³-hybridized carbons (Fsp3) is 0.625. The second-order valence-corrected chi connectivity index (χ2v) is 5.78. The summed E-state index contributed by atoms with van der Waals surface area (Å²) < 4.78 is 16.2. The Kier molecular flexibility index (Phi) is 6.65. The van der Waals surface area contributed by atoms with Gasteiger partial charge in [0.1, 0.15) is 17.2 Å². The highest BCUT2D eigenvalue weighted by Crippen LogP contribution is 2.27. The van der Waals surface area contributed by atoms with Gasteiger partial charge in [-0.1, -0.05) is 0 Å². The van der Waals surface area contributed by atoms with Crippen LogP contribution in [0, 0.1) is 0 Å². The average Bonchev–Trinajstić information content (AvgIpc) is 2.41. The van der Waals surface area contributed by atoms with Gasteiger partial charge in [-0.25, -0.2) is 0 Å². The molecule has 0 unspecified atom stereocenters. The van der Waals surface area contributed by atoms with Crippen LogP contribution in [0.4, 0.5) is 0 Å². The molecule has 0 aliphatic rings. The Morgan fingerprint density at radius 3 is 1.95 bits per heavy atom. The van der Waals surface area contributed by atoms with Crippen LogP contribution in [0.15, 0.2) is 18.2 Å². The molecule has 0 aliphatic carbocycles. The summed E-state index contributed by atoms with van der Waals surface area (Å²) in [6, 6.07) is 5.58. The molecule has 0 aliphatic heterocycles. The zero-order valence-electron chi connectivity index (χ0n) is 13.3. The fourth-order valence-electron chi connectivity index (χ4n) is 1.75. The van der Waals surface area contributed by atoms with Gasteiger partial charge in [0.05, 0.1) is 20.8 Å². The summed E-state index contributed by atoms with van der Waals surface area (Å²) in [5.74, 6) is 2.27. The minimum absolute atomic E-state index is 0.182. The molecule has 1 N–H and O–H groups in total. The number of benzene rings is 1. The van der Waals surface area contributed by atoms with Crippen LogP contribution < -0.4 is 19.5 Å². The number of hydrogen-bond donors (Lipinski definition) is 1. The fourth-order valence-corrected chi connectivity index (χ4v) is 1.75. The second kappa shape index (κ2) is 8.00. The molecule has 4 nitrogen and oxygen atoms in total. The van der Waals surface area contributed by atoms with E-state index < -0.39 is 0 Å². The zero-order chi connectivity index (χ0) is 15.0. The summed E-state index contributed by atoms with van der Waals surface area (Å²) >= 11 is 0. The number of hydrogen-bond acceptors (Lipinski definition) is 4. The van der Waals surface area contributed by atoms with Crippen LogP contribution in [0.3, 0.4) is 0 Å². The maximum atomic E-state index is 5.74. The van der Waals surface area contributed by atoms with Gasteiger partial charge >= 0.3 is 0 Å². The summed E-state index contributed by atoms with van der Waals surface area (Å²) in [4.78, 5) is 0. The second-order valence-electron chi connectivity index (χ2n) is 5.78. The van der Waals surface area contributed by atoms with Gasteiger partial charge in [-0.05, 0) is 40.2 Å². The molecular formula is C16H27NO3. The Hall–Kier alpha value is -1.42. The molecule has 0 saturated heterocycles. The first kappa shape index (κ1) is 16.6. The van der Waals surface area contributed by atoms with Crippen LogP contribution in [0.5, 0.6) is 17.2 Å². The molecule has 114 valence electrons. The van der Waals surface area contributed by atoms with Crippen LogP contribution in [0.1, 0.15) is 33.6 Å². The molecule has 1 aromatic carbocycles. The zero-order valence-corrected chi connectivity index (χ0v) is 13.3. The maximum Gasteiger partial charge on any atom is 0.126 e. The largest absolute Gasteiger partial charge is 0.496 e. The molecule has 0 heterocycles. The molecule has 0 saturated carbocycles. The minimum atomic E-state index is 0.182. The van der Waals surface area contributed by atoms with Crippen LogP contribution >= 0.6 is 0 Å². The van der Waals surface area contributed by atoms with E-state index >= 15 is 0 Å². The van der Waals surface area contributed by atoms with E-state index in [1.165, 1.54) is 0 Å². The SMILES string of the molecule is COc1cc(OC)cc(OCCCCNC(C)(C)C)c1. The molecule has 0 radical (unpaired) electrons. The van der Waals surface area contributed by atoms with Crippen molar-refractivity contribution in [3.63, 3.8) is 0 Å². The number of nitrogens with one attached hydrogen (secondary N) is 1. The minimum Gasteiger partial charge on any atom is -0.496 e. The summed E-state index contributed by atoms with van der Waals surface area (Å²) in [7, 11) is 3.27. The smallest absolute Gasteiger partial charge is 0.126 e. The molecular weight excluding hydrogens is 254 g/mol. The van der Waals surface area contributed by atoms with Gasteiger partial charge in [-0.3, -0.25) is 0 Å². The maximum absolute atomic E-state index is 5.74. The van der Waals surface area contributed by atoms with Gasteiger partial charge in [0.25, 0.3) is 0 Å². The van der Waals surface area contributed by atoms with E-state index in [0.717, 1.165) is 36.6 Å². The van der Waals surface area contributed by atoms with Crippen molar-refractivity contribution in [2.45, 2.75) is 39.2 Å². The van der Waals surface area contributed by atoms with Crippen molar-refractivity contribution in [1.29, 1.82) is 0 Å². The first-order valence-corrected chi connectivity index (χ1v) is 7.05. The van der Waals surface area contributed by atoms with Crippen LogP contribution in [0.2, 0.25) is 0 Å². The lowest BCUT2D eigenvalue weighted by atomic mass is 10.1. The Morgan fingerprint density at radius 1 is 0.900 bits per heavy atom. The lowest BCUT2D eigenvalue weighted by Gasteiger charge is -2.20. The van der Waals surface area contributed by atoms with Crippen LogP contribution in [-0.4, -0.2) is 32.9 Å². The summed E-state index contributed by atoms with van der Waals surface area (Å²) in [5.41, 5.74) is 0.182. The van der Waals surface area contributed by atoms with Gasteiger partial charge in [0.15, 0.2) is 0 Å². The Bertz CT molecular complexity index is 377. The quantitative estimate of drug-likeness (QED) is 0.743. The van der Waals surface area contributed by atoms with Crippen molar-refractivity contribution in [1.82, 2.24) is 5.32 Å². The molecule has 4 heteroatoms. The highest BCUT2D eigenvalue weighted by atomic mass is 16.5. The summed E-state index contributed by atoms with van der Waals surface area (Å²) in [5, 5.41) is 3.46. The first-order valence-electron chi connectivity index (χ1n) is 7.05. The molecule has 0 aromatic heterocycles. The third kappa shape index (κ3) is 6.66. The van der Waals surface area contributed by atoms with Gasteiger partial charge in [0, 0.05) is 23.7 Å². The lowest BCUT2D eigenvalue weighted by molar-refractivity contribution is 0.296. The highest BCUT2D eigenvalue weighted by molar-refractivity contribution is 5.41. The van der Waals surface area contributed by atoms with Crippen LogP contribution in [0.25, 0.3) is 0 Å². The number of ether oxygens (including phenoxy) is 3. The summed E-state index contributed by atoms with van der Waals surface area (Å²) in [6.07, 6.45) is 2.11. The predicted molar refractivity (Wildman–Crippen MR) is 82.0 cm³/mol. The topological polar surface area (TPSA) is 39.7 Å². The third-order valence-corrected chi connectivity index (χ3v) is 2.82. The standard InChI is InChI=1S/C16H27NO3/c1-16(2,3)17-8-6-7-9-20-15-11-13(18-4)10-14(12-15)19-5/h10-12,17H,6-9H2,1-5H3. The van der Waals surface area contributed by atoms with Gasteiger partial charge < -0.3 is 19.5 Å². The van der Waals surface area contributed by atoms with E-state index in [0.29, 0.717) is 6.61 Å². The number of unbranched alkanes of at least 4 members (excludes halogenated alkanes) is 1. The molecule has 20 heavy (non-hydrogen) atoms. The molecule has 0 bridgehead atoms. The monoisotopic (exact) mass is 281 g/mol. The van der Waals surface area contributed by atoms with E-state index in [-0.39, 0.29) is 5.54 Å². The van der Waals surface area contributed by atoms with E-state index in [9.17, 15) is 0 Å². The predicted octanol–water partition coefficient (Wildman–Crippen LogP) is 3.25. The Labute approximate surface area is 122 Å². The van der Waals surface area contributed by atoms with Crippen molar-refractivity contribution in [3.8, 4) is 17.2 Å². The van der Waals surface area contributed by atoms with E-state index in [4.69, 9.17) is 14.2 Å². The number of methoxy groups -OCH3 is 2. The highest BCUT2D eigenvalue weighted by Gasteiger charge is 2.07. The number of rotatable bonds is 8. The van der Waals surface area contributed by atoms with Gasteiger partial charge in [-0.2, -0.15) is 0 Å². The first-order chi connectivity index (χ1) is 9.44. The van der Waals surface area contributed by atoms with E-state index in [1.54, 1.807) is 14.2 Å². The van der Waals surface area contributed by atoms with Crippen molar-refractivity contribution in [2.24, 2.45) is 0 Å². The Morgan fingerprint density at radius 2 is 1.45 bits per heavy atom. The normalized spacial score (nSPS) is 11.2. The molecule has 1 rings (SSSR count). The third-order valence-electron chi connectivity index (χ3n) is 2.82. The van der Waals surface area contributed by atoms with Crippen LogP contribution in [-0.2, 0) is 0 Å². The van der Waals surface area contributed by atoms with Crippen molar-refractivity contribution in [3.05, 3.63) is 18.2 Å². The van der Waals surface area contributed by atoms with Gasteiger partial charge in [0.2, 0.25) is 0 Å².